The Hall–Kier alpha value is -0.830. The van der Waals surface area contributed by atoms with Crippen LogP contribution in [0, 0.1) is 0 Å². The third kappa shape index (κ3) is 3.84. The molecule has 0 saturated carbocycles. The molecule has 5 nitrogen and oxygen atoms in total. The molecule has 0 bridgehead atoms. The summed E-state index contributed by atoms with van der Waals surface area (Å²) in [6, 6.07) is 0. The van der Waals surface area contributed by atoms with Gasteiger partial charge in [0.15, 0.2) is 0 Å². The number of hydrogen-bond acceptors (Lipinski definition) is 4. The van der Waals surface area contributed by atoms with Gasteiger partial charge in [0.05, 0.1) is 7.11 Å². The van der Waals surface area contributed by atoms with E-state index in [-0.39, 0.29) is 6.42 Å². The number of carbonyl (C=O) groups excluding carboxylic acids is 1. The average molecular weight is 277 g/mol. The van der Waals surface area contributed by atoms with Crippen LogP contribution >= 0.6 is 0 Å². The molecule has 0 radical (unpaired) electrons. The molecule has 0 fully saturated rings. The largest absolute Gasteiger partial charge is 0.511 e. The van der Waals surface area contributed by atoms with Gasteiger partial charge in [-0.15, -0.1) is 0 Å². The summed E-state index contributed by atoms with van der Waals surface area (Å²) < 4.78 is 64.0. The van der Waals surface area contributed by atoms with Crippen LogP contribution in [0.25, 0.3) is 0 Å². The molecule has 0 aliphatic carbocycles. The molecular formula is C8H14F3NO4S. The molecule has 0 saturated heterocycles. The van der Waals surface area contributed by atoms with Crippen molar-refractivity contribution < 1.29 is 31.1 Å². The van der Waals surface area contributed by atoms with Crippen LogP contribution < -0.4 is 4.72 Å². The fraction of sp³-hybridized carbons (Fsp3) is 0.875. The van der Waals surface area contributed by atoms with E-state index in [1.165, 1.54) is 4.72 Å². The molecule has 1 unspecified atom stereocenters. The first-order valence-electron chi connectivity index (χ1n) is 4.69. The highest BCUT2D eigenvalue weighted by Gasteiger charge is 2.51. The van der Waals surface area contributed by atoms with Gasteiger partial charge < -0.3 is 4.74 Å². The Balaban J connectivity index is 5.22. The minimum atomic E-state index is -5.58. The van der Waals surface area contributed by atoms with Crippen molar-refractivity contribution in [1.82, 2.24) is 4.72 Å². The van der Waals surface area contributed by atoms with Crippen molar-refractivity contribution in [1.29, 1.82) is 0 Å². The second kappa shape index (κ2) is 5.21. The van der Waals surface area contributed by atoms with E-state index in [2.05, 4.69) is 4.74 Å². The first-order chi connectivity index (χ1) is 7.50. The normalized spacial score (nSPS) is 16.4. The Morgan fingerprint density at radius 3 is 2.12 bits per heavy atom. The van der Waals surface area contributed by atoms with E-state index in [1.807, 2.05) is 0 Å². The molecule has 0 aliphatic heterocycles. The summed E-state index contributed by atoms with van der Waals surface area (Å²) >= 11 is 0. The second-order valence-corrected chi connectivity index (χ2v) is 5.30. The van der Waals surface area contributed by atoms with Gasteiger partial charge in [-0.1, -0.05) is 13.3 Å². The standard InChI is InChI=1S/C8H14F3NO4S/c1-4-5-7(2,6(13)16-3)12-17(14,15)8(9,10)11/h12H,4-5H2,1-3H3. The lowest BCUT2D eigenvalue weighted by Gasteiger charge is -2.27. The number of hydrogen-bond donors (Lipinski definition) is 1. The van der Waals surface area contributed by atoms with Crippen molar-refractivity contribution in [3.05, 3.63) is 0 Å². The Labute approximate surface area is 97.4 Å². The van der Waals surface area contributed by atoms with Gasteiger partial charge in [-0.25, -0.2) is 8.42 Å². The molecule has 1 N–H and O–H groups in total. The number of alkyl halides is 3. The highest BCUT2D eigenvalue weighted by Crippen LogP contribution is 2.25. The maximum absolute atomic E-state index is 12.2. The number of rotatable bonds is 5. The summed E-state index contributed by atoms with van der Waals surface area (Å²) in [6.45, 7) is 2.65. The molecule has 0 rings (SSSR count). The maximum atomic E-state index is 12.2. The van der Waals surface area contributed by atoms with Crippen LogP contribution in [0.4, 0.5) is 13.2 Å². The molecular weight excluding hydrogens is 263 g/mol. The number of sulfonamides is 1. The van der Waals surface area contributed by atoms with Crippen molar-refractivity contribution in [3.63, 3.8) is 0 Å². The van der Waals surface area contributed by atoms with Crippen molar-refractivity contribution in [2.75, 3.05) is 7.11 Å². The average Bonchev–Trinajstić information content (AvgIpc) is 2.14. The zero-order valence-electron chi connectivity index (χ0n) is 9.59. The number of carbonyl (C=O) groups is 1. The Morgan fingerprint density at radius 1 is 1.35 bits per heavy atom. The van der Waals surface area contributed by atoms with Crippen LogP contribution in [0.3, 0.4) is 0 Å². The quantitative estimate of drug-likeness (QED) is 0.765. The molecule has 0 heterocycles. The van der Waals surface area contributed by atoms with E-state index < -0.39 is 27.0 Å². The van der Waals surface area contributed by atoms with Crippen LogP contribution in [0.15, 0.2) is 0 Å². The zero-order chi connectivity index (χ0) is 13.9. The number of esters is 1. The number of halogens is 3. The lowest BCUT2D eigenvalue weighted by atomic mass is 9.98. The smallest absolute Gasteiger partial charge is 0.468 e. The first-order valence-corrected chi connectivity index (χ1v) is 6.17. The Bertz CT molecular complexity index is 379. The number of ether oxygens (including phenoxy) is 1. The Morgan fingerprint density at radius 2 is 1.82 bits per heavy atom. The number of nitrogens with one attached hydrogen (secondary N) is 1. The lowest BCUT2D eigenvalue weighted by Crippen LogP contribution is -2.55. The summed E-state index contributed by atoms with van der Waals surface area (Å²) in [7, 11) is -4.61. The van der Waals surface area contributed by atoms with Gasteiger partial charge in [-0.3, -0.25) is 4.79 Å². The molecule has 0 aromatic rings. The molecule has 0 aromatic carbocycles. The van der Waals surface area contributed by atoms with Crippen LogP contribution in [0.1, 0.15) is 26.7 Å². The van der Waals surface area contributed by atoms with E-state index in [4.69, 9.17) is 0 Å². The van der Waals surface area contributed by atoms with Crippen LogP contribution in [-0.4, -0.2) is 32.5 Å². The molecule has 102 valence electrons. The summed E-state index contributed by atoms with van der Waals surface area (Å²) in [5, 5.41) is 0. The minimum absolute atomic E-state index is 0.102. The van der Waals surface area contributed by atoms with Gasteiger partial charge in [-0.05, 0) is 13.3 Å². The van der Waals surface area contributed by atoms with E-state index in [0.29, 0.717) is 6.42 Å². The molecule has 17 heavy (non-hydrogen) atoms. The van der Waals surface area contributed by atoms with Gasteiger partial charge in [-0.2, -0.15) is 17.9 Å². The summed E-state index contributed by atoms with van der Waals surface area (Å²) in [5.41, 5.74) is -7.38. The Kier molecular flexibility index (Phi) is 4.96. The summed E-state index contributed by atoms with van der Waals surface area (Å²) in [5.74, 6) is -1.06. The van der Waals surface area contributed by atoms with E-state index in [9.17, 15) is 26.4 Å². The topological polar surface area (TPSA) is 72.5 Å². The second-order valence-electron chi connectivity index (χ2n) is 3.62. The number of methoxy groups -OCH3 is 1. The molecule has 0 amide bonds. The molecule has 0 aliphatic rings. The molecule has 9 heteroatoms. The van der Waals surface area contributed by atoms with Crippen LogP contribution in [-0.2, 0) is 19.6 Å². The maximum Gasteiger partial charge on any atom is 0.511 e. The lowest BCUT2D eigenvalue weighted by molar-refractivity contribution is -0.147. The molecule has 0 aromatic heterocycles. The monoisotopic (exact) mass is 277 g/mol. The summed E-state index contributed by atoms with van der Waals surface area (Å²) in [4.78, 5) is 11.3. The van der Waals surface area contributed by atoms with Crippen LogP contribution in [0.5, 0.6) is 0 Å². The summed E-state index contributed by atoms with van der Waals surface area (Å²) in [6.07, 6.45) is 0.209. The predicted octanol–water partition coefficient (Wildman–Crippen LogP) is 1.16. The van der Waals surface area contributed by atoms with Gasteiger partial charge >= 0.3 is 21.5 Å². The third-order valence-electron chi connectivity index (χ3n) is 2.05. The minimum Gasteiger partial charge on any atom is -0.468 e. The fourth-order valence-electron chi connectivity index (χ4n) is 1.27. The highest BCUT2D eigenvalue weighted by molar-refractivity contribution is 7.90. The first kappa shape index (κ1) is 16.2. The van der Waals surface area contributed by atoms with Gasteiger partial charge in [0.1, 0.15) is 5.54 Å². The predicted molar refractivity (Wildman–Crippen MR) is 53.4 cm³/mol. The van der Waals surface area contributed by atoms with E-state index in [0.717, 1.165) is 14.0 Å². The third-order valence-corrected chi connectivity index (χ3v) is 3.38. The highest BCUT2D eigenvalue weighted by atomic mass is 32.2. The van der Waals surface area contributed by atoms with Crippen molar-refractivity contribution in [2.45, 2.75) is 37.7 Å². The fourth-order valence-corrected chi connectivity index (χ4v) is 2.17. The van der Waals surface area contributed by atoms with Crippen LogP contribution in [0.2, 0.25) is 0 Å². The van der Waals surface area contributed by atoms with Crippen molar-refractivity contribution in [3.8, 4) is 0 Å². The van der Waals surface area contributed by atoms with Gasteiger partial charge in [0, 0.05) is 0 Å². The SMILES string of the molecule is CCCC(C)(NS(=O)(=O)C(F)(F)F)C(=O)OC. The van der Waals surface area contributed by atoms with Crippen molar-refractivity contribution >= 4 is 16.0 Å². The van der Waals surface area contributed by atoms with Gasteiger partial charge in [0.25, 0.3) is 0 Å². The van der Waals surface area contributed by atoms with Crippen molar-refractivity contribution in [2.24, 2.45) is 0 Å². The van der Waals surface area contributed by atoms with E-state index >= 15 is 0 Å². The molecule has 0 spiro atoms. The molecule has 1 atom stereocenters. The van der Waals surface area contributed by atoms with E-state index in [1.54, 1.807) is 6.92 Å². The van der Waals surface area contributed by atoms with Gasteiger partial charge in [0.2, 0.25) is 0 Å². The zero-order valence-corrected chi connectivity index (χ0v) is 10.4.